The maximum absolute atomic E-state index is 14.0. The van der Waals surface area contributed by atoms with Gasteiger partial charge >= 0.3 is 0 Å². The molecular weight excluding hydrogens is 1590 g/mol. The molecule has 15 unspecified atom stereocenters. The third-order valence-electron chi connectivity index (χ3n) is 20.0. The number of rotatable bonds is 64. The minimum Gasteiger partial charge on any atom is -0.394 e. The van der Waals surface area contributed by atoms with Gasteiger partial charge in [-0.15, -0.1) is 0 Å². The summed E-state index contributed by atoms with van der Waals surface area (Å²) in [6, 6.07) is -3.31. The molecule has 0 bridgehead atoms. The molecule has 43 nitrogen and oxygen atoms in total. The second-order valence-corrected chi connectivity index (χ2v) is 30.3. The monoisotopic (exact) mass is 1730 g/mol. The molecule has 22 N–H and O–H groups in total. The fourth-order valence-electron chi connectivity index (χ4n) is 13.3. The molecule has 11 amide bonds. The van der Waals surface area contributed by atoms with Crippen molar-refractivity contribution in [3.8, 4) is 0 Å². The lowest BCUT2D eigenvalue weighted by atomic mass is 9.97. The van der Waals surface area contributed by atoms with E-state index in [1.54, 1.807) is 0 Å². The van der Waals surface area contributed by atoms with E-state index in [9.17, 15) is 109 Å². The molecule has 692 valence electrons. The van der Waals surface area contributed by atoms with Crippen LogP contribution in [0.5, 0.6) is 0 Å². The van der Waals surface area contributed by atoms with E-state index in [1.807, 2.05) is 0 Å². The summed E-state index contributed by atoms with van der Waals surface area (Å²) >= 11 is 0. The van der Waals surface area contributed by atoms with E-state index in [0.29, 0.717) is 83.6 Å². The summed E-state index contributed by atoms with van der Waals surface area (Å²) in [5.41, 5.74) is -1.45. The molecule has 120 heavy (non-hydrogen) atoms. The summed E-state index contributed by atoms with van der Waals surface area (Å²) in [6.45, 7) is 2.18. The normalized spacial score (nSPS) is 25.8. The number of hydrogen-bond acceptors (Lipinski definition) is 32. The quantitative estimate of drug-likeness (QED) is 0.0252. The first-order valence-corrected chi connectivity index (χ1v) is 42.0. The molecule has 0 aliphatic carbocycles. The van der Waals surface area contributed by atoms with E-state index < -0.39 is 153 Å². The number of unbranched alkanes of at least 4 members (excludes halogenated alkanes) is 9. The zero-order valence-electron chi connectivity index (χ0n) is 69.5. The fourth-order valence-corrected chi connectivity index (χ4v) is 13.3. The fraction of sp³-hybridized carbons (Fsp3) is 0.857. The summed E-state index contributed by atoms with van der Waals surface area (Å²) in [4.78, 5) is 139. The topological polar surface area (TPSA) is 635 Å². The summed E-state index contributed by atoms with van der Waals surface area (Å²) in [7, 11) is 0. The Morgan fingerprint density at radius 3 is 0.908 bits per heavy atom. The highest BCUT2D eigenvalue weighted by Gasteiger charge is 2.48. The molecule has 0 aromatic carbocycles. The van der Waals surface area contributed by atoms with Crippen molar-refractivity contribution in [3.63, 3.8) is 0 Å². The first kappa shape index (κ1) is 106. The highest BCUT2D eigenvalue weighted by molar-refractivity contribution is 5.81. The lowest BCUT2D eigenvalue weighted by molar-refractivity contribution is -0.270. The lowest BCUT2D eigenvalue weighted by Crippen LogP contribution is -2.64. The molecule has 4 saturated heterocycles. The molecule has 43 heteroatoms. The Balaban J connectivity index is 1.29. The van der Waals surface area contributed by atoms with Crippen molar-refractivity contribution in [3.05, 3.63) is 0 Å². The van der Waals surface area contributed by atoms with E-state index in [4.69, 9.17) is 47.4 Å². The SMILES string of the molecule is CC(=O)NC1C(OCCCCC(=O)NCCCNC(=O)CCOCC(COCCC(=O)NCCCNC(=O)CCCCOC2OC(CO)C(O)C(O)C2NC(C)=O)(COCCC(=O)NCCCNC(=O)CCCCOC2O[C@H](CO)C(O)C(O)C2NC(C)=O)NC(=O)CCCCCCCCCNC(=O)C2C[C@H](O)[C@@H](CO)O2)OC(CO)C(O)C1O. The van der Waals surface area contributed by atoms with Crippen molar-refractivity contribution in [2.75, 3.05) is 132 Å². The molecule has 4 heterocycles. The van der Waals surface area contributed by atoms with Crippen LogP contribution < -0.4 is 58.5 Å². The average molecular weight is 1730 g/mol. The summed E-state index contributed by atoms with van der Waals surface area (Å²) in [5, 5.41) is 140. The van der Waals surface area contributed by atoms with Gasteiger partial charge in [-0.25, -0.2) is 0 Å². The van der Waals surface area contributed by atoms with Gasteiger partial charge < -0.3 is 162 Å². The molecule has 0 aromatic heterocycles. The molecule has 4 rings (SSSR count). The highest BCUT2D eigenvalue weighted by atomic mass is 16.7. The molecule has 0 aromatic rings. The molecule has 18 atom stereocenters. The second kappa shape index (κ2) is 60.8. The minimum atomic E-state index is -1.47. The van der Waals surface area contributed by atoms with Crippen molar-refractivity contribution in [1.82, 2.24) is 58.5 Å². The van der Waals surface area contributed by atoms with E-state index in [-0.39, 0.29) is 204 Å². The Kier molecular flexibility index (Phi) is 53.5. The van der Waals surface area contributed by atoms with Gasteiger partial charge in [0.1, 0.15) is 90.8 Å². The number of ether oxygens (including phenoxy) is 10. The van der Waals surface area contributed by atoms with Crippen LogP contribution in [0.2, 0.25) is 0 Å². The smallest absolute Gasteiger partial charge is 0.249 e. The van der Waals surface area contributed by atoms with Gasteiger partial charge in [-0.3, -0.25) is 52.7 Å². The molecule has 0 spiro atoms. The summed E-state index contributed by atoms with van der Waals surface area (Å²) in [6.07, 6.45) is -9.34. The Morgan fingerprint density at radius 1 is 0.317 bits per heavy atom. The van der Waals surface area contributed by atoms with Crippen LogP contribution in [-0.4, -0.2) is 369 Å². The van der Waals surface area contributed by atoms with Crippen LogP contribution in [0, 0.1) is 0 Å². The van der Waals surface area contributed by atoms with E-state index >= 15 is 0 Å². The van der Waals surface area contributed by atoms with Gasteiger partial charge in [0.15, 0.2) is 18.9 Å². The zero-order chi connectivity index (χ0) is 88.2. The Labute approximate surface area is 699 Å². The predicted molar refractivity (Wildman–Crippen MR) is 421 cm³/mol. The van der Waals surface area contributed by atoms with Crippen molar-refractivity contribution < 1.29 is 156 Å². The Morgan fingerprint density at radius 2 is 0.600 bits per heavy atom. The van der Waals surface area contributed by atoms with E-state index in [0.717, 1.165) is 25.7 Å². The lowest BCUT2D eigenvalue weighted by Gasteiger charge is -2.42. The van der Waals surface area contributed by atoms with E-state index in [1.165, 1.54) is 20.8 Å². The van der Waals surface area contributed by atoms with Crippen LogP contribution in [0.1, 0.15) is 175 Å². The molecule has 0 radical (unpaired) electrons. The minimum absolute atomic E-state index is 0.0696. The Hall–Kier alpha value is -6.67. The molecule has 4 aliphatic rings. The van der Waals surface area contributed by atoms with Crippen LogP contribution in [0.15, 0.2) is 0 Å². The third-order valence-corrected chi connectivity index (χ3v) is 20.0. The van der Waals surface area contributed by atoms with Crippen LogP contribution in [0.3, 0.4) is 0 Å². The number of aliphatic hydroxyl groups is 11. The summed E-state index contributed by atoms with van der Waals surface area (Å²) < 4.78 is 57.6. The zero-order valence-corrected chi connectivity index (χ0v) is 69.5. The van der Waals surface area contributed by atoms with Gasteiger partial charge in [0.25, 0.3) is 0 Å². The number of carbonyl (C=O) groups excluding carboxylic acids is 11. The van der Waals surface area contributed by atoms with Gasteiger partial charge in [-0.1, -0.05) is 32.1 Å². The van der Waals surface area contributed by atoms with Crippen LogP contribution in [0.4, 0.5) is 0 Å². The average Bonchev–Trinajstić information content (AvgIpc) is 1.38. The largest absolute Gasteiger partial charge is 0.394 e. The molecule has 0 saturated carbocycles. The Bertz CT molecular complexity index is 2750. The van der Waals surface area contributed by atoms with Crippen molar-refractivity contribution in [2.45, 2.75) is 291 Å². The van der Waals surface area contributed by atoms with Crippen molar-refractivity contribution in [2.24, 2.45) is 0 Å². The van der Waals surface area contributed by atoms with Gasteiger partial charge in [-0.2, -0.15) is 0 Å². The predicted octanol–water partition coefficient (Wildman–Crippen LogP) is -6.93. The highest BCUT2D eigenvalue weighted by Crippen LogP contribution is 2.27. The second-order valence-electron chi connectivity index (χ2n) is 30.3. The maximum Gasteiger partial charge on any atom is 0.249 e. The van der Waals surface area contributed by atoms with E-state index in [2.05, 4.69) is 58.5 Å². The van der Waals surface area contributed by atoms with Crippen molar-refractivity contribution >= 4 is 65.0 Å². The van der Waals surface area contributed by atoms with Crippen LogP contribution >= 0.6 is 0 Å². The van der Waals surface area contributed by atoms with Crippen molar-refractivity contribution in [1.29, 1.82) is 0 Å². The first-order valence-electron chi connectivity index (χ1n) is 42.0. The maximum atomic E-state index is 14.0. The third kappa shape index (κ3) is 42.1. The van der Waals surface area contributed by atoms with Gasteiger partial charge in [0.05, 0.1) is 72.2 Å². The first-order chi connectivity index (χ1) is 57.5. The number of aliphatic hydroxyl groups excluding tert-OH is 11. The van der Waals surface area contributed by atoms with Gasteiger partial charge in [0, 0.05) is 138 Å². The van der Waals surface area contributed by atoms with Gasteiger partial charge in [0.2, 0.25) is 65.0 Å². The number of amides is 11. The standard InChI is InChI=1S/C77H137N11O32/c1-48(93)85-64-70(107)67(104)54(42-90)118-74(64)114-34-14-10-20-57(97)78-28-17-31-81-60(100)24-37-111-45-77(88-63(103)23-9-7-5-4-6-8-13-27-84-73(110)52-40-51(96)53(41-89)117-52,46-112-38-25-61(101)82-32-18-29-79-58(98)21-11-15-35-115-75-65(86-49(2)94)71(108)68(105)55(43-91)119-75)47-113-39-26-62(102)83-33-19-30-80-59(99)22-12-16-36-116-76-66(87-50(3)95)72(109)69(106)56(44-92)120-76/h51-56,64-72,74-76,89-92,96,104-109H,4-47H2,1-3H3,(H,78,97)(H,79,98)(H,80,99)(H,81,100)(H,82,101)(H,83,102)(H,84,110)(H,85,93)(H,86,94)(H,87,95)(H,88,103)/t51-,52?,53+,54+,55?,56?,64?,65?,66?,67?,68?,69?,70?,71?,72?,74?,75?,76?,77?/m0/s1. The molecular formula is C77H137N11O32. The number of hydrogen-bond donors (Lipinski definition) is 22. The number of nitrogens with one attached hydrogen (secondary N) is 11. The van der Waals surface area contributed by atoms with Gasteiger partial charge in [-0.05, 0) is 70.6 Å². The number of carbonyl (C=O) groups is 11. The summed E-state index contributed by atoms with van der Waals surface area (Å²) in [5.74, 6) is -4.17. The molecule has 4 fully saturated rings. The van der Waals surface area contributed by atoms with Crippen LogP contribution in [-0.2, 0) is 100 Å². The van der Waals surface area contributed by atoms with Crippen LogP contribution in [0.25, 0.3) is 0 Å². The molecule has 4 aliphatic heterocycles.